The molecule has 2 aromatic heterocycles. The van der Waals surface area contributed by atoms with Crippen molar-refractivity contribution in [1.29, 1.82) is 0 Å². The molecule has 1 saturated heterocycles. The topological polar surface area (TPSA) is 186 Å². The molecule has 12 nitrogen and oxygen atoms in total. The predicted octanol–water partition coefficient (Wildman–Crippen LogP) is 2.14. The predicted molar refractivity (Wildman–Crippen MR) is 155 cm³/mol. The number of carboxylic acid groups (broad SMARTS) is 1. The lowest BCUT2D eigenvalue weighted by Crippen LogP contribution is -2.71. The number of carboxylic acids is 1. The minimum Gasteiger partial charge on any atom is -0.477 e. The van der Waals surface area contributed by atoms with Gasteiger partial charge in [0.1, 0.15) is 40.4 Å². The minimum absolute atomic E-state index is 0.0542. The number of thiazole rings is 1. The fourth-order valence-corrected chi connectivity index (χ4v) is 8.05. The number of pyridine rings is 1. The molecule has 2 aliphatic rings. The summed E-state index contributed by atoms with van der Waals surface area (Å²) in [6.07, 6.45) is 3.35. The molecule has 4 heterocycles. The maximum atomic E-state index is 13.2. The van der Waals surface area contributed by atoms with Crippen LogP contribution in [0.2, 0.25) is 4.34 Å². The molecule has 0 unspecified atom stereocenters. The normalized spacial score (nSPS) is 18.8. The van der Waals surface area contributed by atoms with Crippen LogP contribution >= 0.6 is 58.2 Å². The van der Waals surface area contributed by atoms with Crippen LogP contribution in [0, 0.1) is 0 Å². The summed E-state index contributed by atoms with van der Waals surface area (Å²) in [5.41, 5.74) is 11.6. The number of aliphatic carboxylic acids is 1. The van der Waals surface area contributed by atoms with E-state index < -0.39 is 42.5 Å². The molecule has 0 saturated carbocycles. The number of carbonyl (C=O) groups is 3. The van der Waals surface area contributed by atoms with Gasteiger partial charge in [0.15, 0.2) is 10.8 Å². The van der Waals surface area contributed by atoms with Gasteiger partial charge in [-0.25, -0.2) is 14.2 Å². The number of nitrogen functional groups attached to an aromatic ring is 1. The second-order valence-electron chi connectivity index (χ2n) is 8.00. The molecular formula is C22H23ClFN7O5S4. The van der Waals surface area contributed by atoms with Crippen LogP contribution in [-0.4, -0.2) is 86.2 Å². The van der Waals surface area contributed by atoms with Crippen molar-refractivity contribution in [2.75, 3.05) is 37.1 Å². The number of nitrogens with one attached hydrogen (secondary N) is 1. The lowest BCUT2D eigenvalue weighted by molar-refractivity contribution is -0.150. The van der Waals surface area contributed by atoms with E-state index >= 15 is 0 Å². The SMILES string of the molecule is NCCSCc1cnccc1SC1=C(C(=O)O)N2C(=O)[C@@H](NC(=O)/C(=N/OCCF)c3nc(N)sc3Cl)[C@H]2SC1. The Labute approximate surface area is 249 Å². The summed E-state index contributed by atoms with van der Waals surface area (Å²) in [5, 5.41) is 15.6. The molecule has 40 heavy (non-hydrogen) atoms. The second-order valence-corrected chi connectivity index (χ2v) is 13.0. The van der Waals surface area contributed by atoms with E-state index in [4.69, 9.17) is 27.9 Å². The molecule has 2 aliphatic heterocycles. The van der Waals surface area contributed by atoms with Gasteiger partial charge >= 0.3 is 5.97 Å². The minimum atomic E-state index is -1.26. The smallest absolute Gasteiger partial charge is 0.353 e. The molecule has 2 aromatic rings. The average molecular weight is 648 g/mol. The lowest BCUT2D eigenvalue weighted by atomic mass is 10.0. The van der Waals surface area contributed by atoms with Gasteiger partial charge in [0.2, 0.25) is 0 Å². The Hall–Kier alpha value is -2.57. The van der Waals surface area contributed by atoms with Crippen LogP contribution in [0.15, 0.2) is 39.1 Å². The molecule has 0 bridgehead atoms. The molecule has 2 amide bonds. The fourth-order valence-electron chi connectivity index (χ4n) is 3.70. The van der Waals surface area contributed by atoms with Gasteiger partial charge < -0.3 is 26.7 Å². The van der Waals surface area contributed by atoms with Crippen LogP contribution < -0.4 is 16.8 Å². The Bertz CT molecular complexity index is 1360. The third-order valence-electron chi connectivity index (χ3n) is 5.40. The summed E-state index contributed by atoms with van der Waals surface area (Å²) in [6.45, 7) is -0.726. The zero-order chi connectivity index (χ0) is 28.8. The summed E-state index contributed by atoms with van der Waals surface area (Å²) in [5.74, 6) is -1.01. The third kappa shape index (κ3) is 6.66. The van der Waals surface area contributed by atoms with Crippen molar-refractivity contribution in [3.05, 3.63) is 44.7 Å². The highest BCUT2D eigenvalue weighted by molar-refractivity contribution is 8.06. The highest BCUT2D eigenvalue weighted by Crippen LogP contribution is 2.46. The molecule has 18 heteroatoms. The van der Waals surface area contributed by atoms with Gasteiger partial charge in [-0.05, 0) is 11.6 Å². The maximum absolute atomic E-state index is 13.2. The number of thioether (sulfide) groups is 3. The van der Waals surface area contributed by atoms with E-state index in [1.54, 1.807) is 30.2 Å². The lowest BCUT2D eigenvalue weighted by Gasteiger charge is -2.49. The largest absolute Gasteiger partial charge is 0.477 e. The van der Waals surface area contributed by atoms with E-state index in [1.807, 2.05) is 0 Å². The van der Waals surface area contributed by atoms with Crippen molar-refractivity contribution in [2.45, 2.75) is 22.1 Å². The van der Waals surface area contributed by atoms with E-state index in [2.05, 4.69) is 20.4 Å². The molecular weight excluding hydrogens is 625 g/mol. The number of rotatable bonds is 13. The molecule has 0 aromatic carbocycles. The number of hydrogen-bond acceptors (Lipinski definition) is 13. The number of anilines is 1. The Morgan fingerprint density at radius 1 is 1.43 bits per heavy atom. The summed E-state index contributed by atoms with van der Waals surface area (Å²) in [6, 6.07) is 0.749. The zero-order valence-corrected chi connectivity index (χ0v) is 24.6. The summed E-state index contributed by atoms with van der Waals surface area (Å²) < 4.78 is 12.6. The van der Waals surface area contributed by atoms with Crippen LogP contribution in [0.25, 0.3) is 0 Å². The molecule has 4 rings (SSSR count). The quantitative estimate of drug-likeness (QED) is 0.108. The van der Waals surface area contributed by atoms with Gasteiger partial charge in [-0.1, -0.05) is 39.9 Å². The van der Waals surface area contributed by atoms with Gasteiger partial charge in [-0.3, -0.25) is 19.5 Å². The number of amides is 2. The molecule has 0 radical (unpaired) electrons. The molecule has 214 valence electrons. The third-order valence-corrected chi connectivity index (χ3v) is 10.2. The number of aromatic nitrogens is 2. The van der Waals surface area contributed by atoms with E-state index in [1.165, 1.54) is 23.5 Å². The molecule has 2 atom stereocenters. The van der Waals surface area contributed by atoms with E-state index in [9.17, 15) is 23.9 Å². The number of carbonyl (C=O) groups excluding carboxylic acids is 2. The molecule has 0 spiro atoms. The summed E-state index contributed by atoms with van der Waals surface area (Å²) in [7, 11) is 0. The second kappa shape index (κ2) is 13.9. The number of fused-ring (bicyclic) bond motifs is 1. The van der Waals surface area contributed by atoms with Crippen LogP contribution in [-0.2, 0) is 25.0 Å². The van der Waals surface area contributed by atoms with Crippen molar-refractivity contribution in [2.24, 2.45) is 10.9 Å². The van der Waals surface area contributed by atoms with Gasteiger partial charge in [-0.15, -0.1) is 11.8 Å². The zero-order valence-electron chi connectivity index (χ0n) is 20.5. The van der Waals surface area contributed by atoms with E-state index in [0.29, 0.717) is 23.0 Å². The highest BCUT2D eigenvalue weighted by Gasteiger charge is 2.54. The number of alkyl halides is 1. The van der Waals surface area contributed by atoms with Crippen molar-refractivity contribution >= 4 is 86.9 Å². The average Bonchev–Trinajstić information content (AvgIpc) is 3.27. The maximum Gasteiger partial charge on any atom is 0.353 e. The summed E-state index contributed by atoms with van der Waals surface area (Å²) in [4.78, 5) is 54.0. The first-order valence-electron chi connectivity index (χ1n) is 11.5. The van der Waals surface area contributed by atoms with E-state index in [0.717, 1.165) is 32.4 Å². The standard InChI is InChI=1S/C22H23ClFN7O5S4/c23-17-13(29-22(26)40-17)14(30-36-5-2-24)18(32)28-15-19(33)31-16(21(34)35)12(9-38-20(15)31)39-11-1-4-27-7-10(11)8-37-6-3-25/h1,4,7,15,20H,2-3,5-6,8-9,25H2,(H2,26,29)(H,28,32)(H,34,35)/b30-14+/t15-,20-/m1/s1. The Morgan fingerprint density at radius 2 is 2.23 bits per heavy atom. The monoisotopic (exact) mass is 647 g/mol. The first kappa shape index (κ1) is 30.4. The molecule has 6 N–H and O–H groups in total. The van der Waals surface area contributed by atoms with Crippen LogP contribution in [0.3, 0.4) is 0 Å². The number of hydrogen-bond donors (Lipinski definition) is 4. The number of β-lactam (4-membered cyclic amide) rings is 1. The fraction of sp³-hybridized carbons (Fsp3) is 0.364. The number of nitrogens with zero attached hydrogens (tertiary/aromatic N) is 4. The number of nitrogens with two attached hydrogens (primary N) is 2. The van der Waals surface area contributed by atoms with Gasteiger partial charge in [0.25, 0.3) is 11.8 Å². The Balaban J connectivity index is 1.53. The van der Waals surface area contributed by atoms with Gasteiger partial charge in [0, 0.05) is 46.0 Å². The van der Waals surface area contributed by atoms with Crippen LogP contribution in [0.1, 0.15) is 11.3 Å². The van der Waals surface area contributed by atoms with Gasteiger partial charge in [0.05, 0.1) is 0 Å². The van der Waals surface area contributed by atoms with Crippen LogP contribution in [0.5, 0.6) is 0 Å². The summed E-state index contributed by atoms with van der Waals surface area (Å²) >= 11 is 11.2. The molecule has 1 fully saturated rings. The van der Waals surface area contributed by atoms with Crippen molar-refractivity contribution in [3.8, 4) is 0 Å². The molecule has 0 aliphatic carbocycles. The van der Waals surface area contributed by atoms with Crippen LogP contribution in [0.4, 0.5) is 9.52 Å². The highest BCUT2D eigenvalue weighted by atomic mass is 35.5. The van der Waals surface area contributed by atoms with Crippen molar-refractivity contribution in [3.63, 3.8) is 0 Å². The number of halogens is 2. The number of oxime groups is 1. The van der Waals surface area contributed by atoms with Crippen molar-refractivity contribution < 1.29 is 28.7 Å². The van der Waals surface area contributed by atoms with E-state index in [-0.39, 0.29) is 26.6 Å². The van der Waals surface area contributed by atoms with Gasteiger partial charge in [-0.2, -0.15) is 11.8 Å². The Kier molecular flexibility index (Phi) is 10.5. The first-order valence-corrected chi connectivity index (χ1v) is 15.8. The van der Waals surface area contributed by atoms with Crippen molar-refractivity contribution in [1.82, 2.24) is 20.2 Å². The Morgan fingerprint density at radius 3 is 2.90 bits per heavy atom. The first-order chi connectivity index (χ1) is 19.3.